The molecular weight excluding hydrogens is 882 g/mol. The first-order valence-electron chi connectivity index (χ1n) is 18.4. The molecule has 6 aromatic carbocycles. The summed E-state index contributed by atoms with van der Waals surface area (Å²) < 4.78 is 0. The first kappa shape index (κ1) is 42.8. The van der Waals surface area contributed by atoms with Gasteiger partial charge in [-0.15, -0.1) is 56.9 Å². The molecule has 0 bridgehead atoms. The number of pyridine rings is 2. The van der Waals surface area contributed by atoms with E-state index in [0.29, 0.717) is 0 Å². The van der Waals surface area contributed by atoms with Crippen molar-refractivity contribution in [1.29, 1.82) is 0 Å². The molecule has 0 atom stereocenters. The second-order valence-electron chi connectivity index (χ2n) is 13.4. The van der Waals surface area contributed by atoms with Crippen LogP contribution in [0.3, 0.4) is 0 Å². The van der Waals surface area contributed by atoms with E-state index in [2.05, 4.69) is 171 Å². The minimum atomic E-state index is -0.406. The molecule has 0 amide bonds. The summed E-state index contributed by atoms with van der Waals surface area (Å²) in [5.74, 6) is 0. The van der Waals surface area contributed by atoms with Gasteiger partial charge in [-0.25, -0.2) is 0 Å². The van der Waals surface area contributed by atoms with Crippen LogP contribution in [0.2, 0.25) is 0 Å². The summed E-state index contributed by atoms with van der Waals surface area (Å²) in [5.41, 5.74) is 9.69. The second kappa shape index (κ2) is 21.2. The summed E-state index contributed by atoms with van der Waals surface area (Å²) in [5, 5.41) is 8.38. The van der Waals surface area contributed by atoms with Crippen molar-refractivity contribution < 1.29 is 47.8 Å². The van der Waals surface area contributed by atoms with Crippen molar-refractivity contribution in [1.82, 2.24) is 9.97 Å². The minimum absolute atomic E-state index is 0. The fraction of sp³-hybridized carbons (Fsp3) is 0.167. The standard InChI is InChI=1S/2C18H18N.C12H10Si.2ClH.Hf/c2*1-3-6-14-11-15-9-13(2)10-16(15)17(12-14)18-7-4-5-8-19-18;1-3-7-11(8-4-1)13-12-9-5-2-6-10-12;;;/h2*4-5,7-12H,3,6H2,1-2H3;1-10H;2*1H;/q2*-1;;;;+2/p-2. The van der Waals surface area contributed by atoms with Crippen molar-refractivity contribution in [3.05, 3.63) is 180 Å². The Labute approximate surface area is 348 Å². The van der Waals surface area contributed by atoms with Gasteiger partial charge in [0.1, 0.15) is 0 Å². The fourth-order valence-electron chi connectivity index (χ4n) is 6.78. The summed E-state index contributed by atoms with van der Waals surface area (Å²) in [4.78, 5) is 9.02. The molecule has 6 heteroatoms. The van der Waals surface area contributed by atoms with E-state index in [4.69, 9.17) is 0 Å². The van der Waals surface area contributed by atoms with Crippen LogP contribution in [0, 0.1) is 13.8 Å². The van der Waals surface area contributed by atoms with Crippen molar-refractivity contribution >= 4 is 37.4 Å². The van der Waals surface area contributed by atoms with Crippen LogP contribution in [-0.4, -0.2) is 15.5 Å². The van der Waals surface area contributed by atoms with E-state index in [1.165, 1.54) is 101 Å². The van der Waals surface area contributed by atoms with Crippen molar-refractivity contribution in [2.75, 3.05) is 0 Å². The zero-order chi connectivity index (χ0) is 36.3. The molecule has 0 unspecified atom stereocenters. The average Bonchev–Trinajstić information content (AvgIpc) is 3.76. The third kappa shape index (κ3) is 11.1. The van der Waals surface area contributed by atoms with Crippen molar-refractivity contribution in [2.24, 2.45) is 0 Å². The molecule has 0 aliphatic heterocycles. The van der Waals surface area contributed by atoms with E-state index in [1.54, 1.807) is 0 Å². The molecule has 8 aromatic rings. The molecule has 2 nitrogen and oxygen atoms in total. The molecule has 0 radical (unpaired) electrons. The summed E-state index contributed by atoms with van der Waals surface area (Å²) in [6.45, 7) is 8.76. The summed E-state index contributed by atoms with van der Waals surface area (Å²) >= 11 is 1.27. The van der Waals surface area contributed by atoms with E-state index in [9.17, 15) is 0 Å². The predicted octanol–water partition coefficient (Wildman–Crippen LogP) is 5.11. The summed E-state index contributed by atoms with van der Waals surface area (Å²) in [7, 11) is 0. The van der Waals surface area contributed by atoms with Gasteiger partial charge in [0.15, 0.2) is 0 Å². The Morgan fingerprint density at radius 3 is 1.26 bits per heavy atom. The van der Waals surface area contributed by atoms with Gasteiger partial charge in [-0.05, 0) is 48.2 Å². The number of benzene rings is 4. The van der Waals surface area contributed by atoms with Crippen molar-refractivity contribution in [3.63, 3.8) is 0 Å². The van der Waals surface area contributed by atoms with E-state index >= 15 is 0 Å². The maximum atomic E-state index is 4.51. The van der Waals surface area contributed by atoms with Gasteiger partial charge in [-0.3, -0.25) is 9.97 Å². The average molecular weight is 928 g/mol. The molecule has 272 valence electrons. The maximum absolute atomic E-state index is 4.51. The van der Waals surface area contributed by atoms with Crippen LogP contribution < -0.4 is 35.2 Å². The number of aromatic nitrogens is 2. The number of hydrogen-bond donors (Lipinski definition) is 0. The number of aryl methyl sites for hydroxylation is 4. The number of hydrogen-bond acceptors (Lipinski definition) is 2. The third-order valence-electron chi connectivity index (χ3n) is 9.14. The topological polar surface area (TPSA) is 25.8 Å². The number of rotatable bonds is 8. The van der Waals surface area contributed by atoms with Crippen LogP contribution in [0.5, 0.6) is 0 Å². The van der Waals surface area contributed by atoms with Crippen molar-refractivity contribution in [3.8, 4) is 22.5 Å². The van der Waals surface area contributed by atoms with Crippen LogP contribution in [0.15, 0.2) is 158 Å². The van der Waals surface area contributed by atoms with Crippen LogP contribution in [0.25, 0.3) is 44.1 Å². The Morgan fingerprint density at radius 1 is 0.519 bits per heavy atom. The summed E-state index contributed by atoms with van der Waals surface area (Å²) in [6.07, 6.45) is 8.33. The zero-order valence-corrected chi connectivity index (χ0v) is 37.6. The van der Waals surface area contributed by atoms with Gasteiger partial charge in [-0.1, -0.05) is 75.9 Å². The number of fused-ring (bicyclic) bond motifs is 2. The van der Waals surface area contributed by atoms with Gasteiger partial charge in [0.2, 0.25) is 0 Å². The van der Waals surface area contributed by atoms with E-state index < -0.39 is 5.49 Å². The van der Waals surface area contributed by atoms with Gasteiger partial charge in [-0.2, -0.15) is 12.1 Å². The zero-order valence-electron chi connectivity index (χ0n) is 31.5. The molecule has 0 saturated heterocycles. The van der Waals surface area contributed by atoms with Crippen LogP contribution in [0.4, 0.5) is 0 Å². The summed E-state index contributed by atoms with van der Waals surface area (Å²) in [6, 6.07) is 52.3. The van der Waals surface area contributed by atoms with Crippen molar-refractivity contribution in [2.45, 2.75) is 53.4 Å². The number of nitrogens with zero attached hydrogens (tertiary/aromatic N) is 2. The normalized spacial score (nSPS) is 10.3. The van der Waals surface area contributed by atoms with Gasteiger partial charge >= 0.3 is 99.5 Å². The fourth-order valence-corrected chi connectivity index (χ4v) is 11.8. The Bertz CT molecular complexity index is 2190. The predicted molar refractivity (Wildman–Crippen MR) is 221 cm³/mol. The first-order chi connectivity index (χ1) is 25.4. The van der Waals surface area contributed by atoms with Crippen LogP contribution in [0.1, 0.15) is 48.9 Å². The van der Waals surface area contributed by atoms with Gasteiger partial charge < -0.3 is 24.8 Å². The Balaban J connectivity index is 0.000000180. The molecule has 0 N–H and O–H groups in total. The molecule has 2 heterocycles. The van der Waals surface area contributed by atoms with Crippen LogP contribution >= 0.6 is 0 Å². The second-order valence-corrected chi connectivity index (χ2v) is 20.7. The molecule has 0 fully saturated rings. The van der Waals surface area contributed by atoms with Gasteiger partial charge in [0, 0.05) is 12.4 Å². The monoisotopic (exact) mass is 928 g/mol. The van der Waals surface area contributed by atoms with Gasteiger partial charge in [0.25, 0.3) is 0 Å². The molecule has 8 rings (SSSR count). The molecule has 0 aliphatic carbocycles. The van der Waals surface area contributed by atoms with E-state index in [-0.39, 0.29) is 24.8 Å². The Morgan fingerprint density at radius 2 is 0.907 bits per heavy atom. The van der Waals surface area contributed by atoms with Crippen LogP contribution in [-0.2, 0) is 35.8 Å². The SMILES string of the molecule is CCCc1cc(-c2ccccn2)c2cc(C)[cH-]c2c1.CCCc1cc(-c2ccccn2)c2cc(C)[cH-]c2c1.[Cl-].[Cl-].[Hf+2]=[Si](c1ccccc1)c1ccccc1. The quantitative estimate of drug-likeness (QED) is 0.157. The number of halogens is 2. The Kier molecular flexibility index (Phi) is 16.8. The molecular formula is C48H46Cl2HfN2Si-2. The molecule has 0 spiro atoms. The molecule has 2 aromatic heterocycles. The molecule has 0 aliphatic rings. The van der Waals surface area contributed by atoms with E-state index in [0.717, 1.165) is 24.2 Å². The first-order valence-corrected chi connectivity index (χ1v) is 25.2. The molecule has 0 saturated carbocycles. The Hall–Kier alpha value is -3.93. The molecule has 54 heavy (non-hydrogen) atoms. The van der Waals surface area contributed by atoms with E-state index in [1.807, 2.05) is 24.5 Å². The van der Waals surface area contributed by atoms with Gasteiger partial charge in [0.05, 0.1) is 11.4 Å². The third-order valence-corrected chi connectivity index (χ3v) is 17.2.